The van der Waals surface area contributed by atoms with Crippen LogP contribution in [-0.4, -0.2) is 41.1 Å². The number of pyridine rings is 1. The minimum Gasteiger partial charge on any atom is -0.478 e. The molecule has 1 aromatic heterocycles. The normalized spacial score (nSPS) is 25.2. The van der Waals surface area contributed by atoms with E-state index >= 15 is 0 Å². The van der Waals surface area contributed by atoms with Crippen molar-refractivity contribution in [3.63, 3.8) is 0 Å². The maximum Gasteiger partial charge on any atom is 0.335 e. The summed E-state index contributed by atoms with van der Waals surface area (Å²) in [5, 5.41) is 12.3. The Morgan fingerprint density at radius 1 is 1.43 bits per heavy atom. The molecule has 7 heteroatoms. The first-order valence-corrected chi connectivity index (χ1v) is 7.36. The first kappa shape index (κ1) is 14.1. The molecular formula is C14H16ClN3O3. The average molecular weight is 310 g/mol. The molecule has 3 heterocycles. The fourth-order valence-corrected chi connectivity index (χ4v) is 3.29. The molecule has 1 aromatic rings. The van der Waals surface area contributed by atoms with Crippen LogP contribution in [0, 0.1) is 5.92 Å². The molecule has 0 aliphatic carbocycles. The van der Waals surface area contributed by atoms with Gasteiger partial charge in [0.1, 0.15) is 11.0 Å². The number of carbonyl (C=O) groups excluding carboxylic acids is 1. The molecule has 2 fully saturated rings. The van der Waals surface area contributed by atoms with Crippen molar-refractivity contribution in [3.05, 3.63) is 22.8 Å². The molecule has 0 bridgehead atoms. The van der Waals surface area contributed by atoms with Crippen LogP contribution in [0.5, 0.6) is 0 Å². The van der Waals surface area contributed by atoms with E-state index in [0.717, 1.165) is 25.9 Å². The van der Waals surface area contributed by atoms with Crippen LogP contribution in [0.3, 0.4) is 0 Å². The highest BCUT2D eigenvalue weighted by atomic mass is 35.5. The Morgan fingerprint density at radius 2 is 2.24 bits per heavy atom. The van der Waals surface area contributed by atoms with Gasteiger partial charge in [0.05, 0.1) is 5.56 Å². The van der Waals surface area contributed by atoms with Gasteiger partial charge in [-0.25, -0.2) is 9.78 Å². The summed E-state index contributed by atoms with van der Waals surface area (Å²) in [6.07, 6.45) is 2.25. The molecule has 0 spiro atoms. The van der Waals surface area contributed by atoms with Crippen molar-refractivity contribution in [2.24, 2.45) is 5.92 Å². The number of carboxylic acid groups (broad SMARTS) is 1. The third-order valence-electron chi connectivity index (χ3n) is 4.17. The lowest BCUT2D eigenvalue weighted by molar-refractivity contribution is -0.124. The average Bonchev–Trinajstić information content (AvgIpc) is 2.46. The van der Waals surface area contributed by atoms with E-state index in [9.17, 15) is 9.59 Å². The van der Waals surface area contributed by atoms with Crippen molar-refractivity contribution in [3.8, 4) is 0 Å². The molecular weight excluding hydrogens is 294 g/mol. The molecule has 112 valence electrons. The predicted molar refractivity (Wildman–Crippen MR) is 77.7 cm³/mol. The first-order chi connectivity index (χ1) is 10.0. The predicted octanol–water partition coefficient (Wildman–Crippen LogP) is 1.54. The third-order valence-corrected chi connectivity index (χ3v) is 4.37. The number of amides is 1. The Balaban J connectivity index is 1.79. The van der Waals surface area contributed by atoms with Gasteiger partial charge in [0.2, 0.25) is 5.91 Å². The molecule has 0 saturated carbocycles. The number of nitrogens with zero attached hydrogens (tertiary/aromatic N) is 2. The van der Waals surface area contributed by atoms with Crippen LogP contribution < -0.4 is 10.2 Å². The highest BCUT2D eigenvalue weighted by Gasteiger charge is 2.34. The quantitative estimate of drug-likeness (QED) is 0.810. The van der Waals surface area contributed by atoms with Crippen molar-refractivity contribution < 1.29 is 14.7 Å². The maximum absolute atomic E-state index is 11.4. The summed E-state index contributed by atoms with van der Waals surface area (Å²) in [6.45, 7) is 1.49. The summed E-state index contributed by atoms with van der Waals surface area (Å²) < 4.78 is 0. The number of fused-ring (bicyclic) bond motifs is 1. The molecule has 0 radical (unpaired) electrons. The second-order valence-corrected chi connectivity index (χ2v) is 5.94. The number of hydrogen-bond acceptors (Lipinski definition) is 4. The van der Waals surface area contributed by atoms with Gasteiger partial charge in [0.15, 0.2) is 0 Å². The number of carboxylic acids is 1. The summed E-state index contributed by atoms with van der Waals surface area (Å²) in [5.41, 5.74) is 0.143. The van der Waals surface area contributed by atoms with Gasteiger partial charge in [0.25, 0.3) is 0 Å². The van der Waals surface area contributed by atoms with Gasteiger partial charge in [0, 0.05) is 25.6 Å². The van der Waals surface area contributed by atoms with Gasteiger partial charge < -0.3 is 15.3 Å². The zero-order chi connectivity index (χ0) is 15.0. The van der Waals surface area contributed by atoms with Crippen molar-refractivity contribution in [1.82, 2.24) is 10.3 Å². The maximum atomic E-state index is 11.4. The third kappa shape index (κ3) is 2.95. The van der Waals surface area contributed by atoms with Gasteiger partial charge in [-0.3, -0.25) is 4.79 Å². The van der Waals surface area contributed by atoms with E-state index in [0.29, 0.717) is 18.2 Å². The van der Waals surface area contributed by atoms with Crippen LogP contribution >= 0.6 is 11.6 Å². The Kier molecular flexibility index (Phi) is 3.71. The second kappa shape index (κ2) is 5.52. The topological polar surface area (TPSA) is 82.5 Å². The lowest BCUT2D eigenvalue weighted by atomic mass is 9.85. The molecule has 2 unspecified atom stereocenters. The number of rotatable bonds is 2. The fraction of sp³-hybridized carbons (Fsp3) is 0.500. The van der Waals surface area contributed by atoms with E-state index in [-0.39, 0.29) is 22.7 Å². The smallest absolute Gasteiger partial charge is 0.335 e. The summed E-state index contributed by atoms with van der Waals surface area (Å²) in [6, 6.07) is 3.12. The second-order valence-electron chi connectivity index (χ2n) is 5.55. The fourth-order valence-electron chi connectivity index (χ4n) is 3.09. The molecule has 2 saturated heterocycles. The van der Waals surface area contributed by atoms with Gasteiger partial charge in [-0.1, -0.05) is 11.6 Å². The summed E-state index contributed by atoms with van der Waals surface area (Å²) >= 11 is 5.91. The van der Waals surface area contributed by atoms with Crippen molar-refractivity contribution in [2.45, 2.75) is 25.3 Å². The number of carbonyl (C=O) groups is 2. The van der Waals surface area contributed by atoms with E-state index in [1.807, 2.05) is 0 Å². The van der Waals surface area contributed by atoms with Gasteiger partial charge >= 0.3 is 5.97 Å². The molecule has 6 nitrogen and oxygen atoms in total. The molecule has 1 amide bonds. The minimum atomic E-state index is -1.01. The number of aromatic carboxylic acids is 1. The highest BCUT2D eigenvalue weighted by molar-refractivity contribution is 6.29. The van der Waals surface area contributed by atoms with Crippen LogP contribution in [0.4, 0.5) is 5.82 Å². The molecule has 2 aliphatic rings. The van der Waals surface area contributed by atoms with E-state index in [4.69, 9.17) is 16.7 Å². The zero-order valence-electron chi connectivity index (χ0n) is 11.4. The Labute approximate surface area is 127 Å². The van der Waals surface area contributed by atoms with Crippen molar-refractivity contribution in [2.75, 3.05) is 18.0 Å². The van der Waals surface area contributed by atoms with E-state index < -0.39 is 5.97 Å². The Morgan fingerprint density at radius 3 is 3.00 bits per heavy atom. The van der Waals surface area contributed by atoms with Crippen LogP contribution in [0.25, 0.3) is 0 Å². The summed E-state index contributed by atoms with van der Waals surface area (Å²) in [5.74, 6) is 0.0832. The van der Waals surface area contributed by atoms with Crippen LogP contribution in [0.1, 0.15) is 29.6 Å². The number of anilines is 1. The lowest BCUT2D eigenvalue weighted by Gasteiger charge is -2.41. The Hall–Kier alpha value is -1.82. The standard InChI is InChI=1S/C14H16ClN3O3/c15-11-5-9(14(20)21)6-12(17-11)18-4-3-10-8(7-18)1-2-13(19)16-10/h5-6,8,10H,1-4,7H2,(H,16,19)(H,20,21). The van der Waals surface area contributed by atoms with Crippen LogP contribution in [-0.2, 0) is 4.79 Å². The summed E-state index contributed by atoms with van der Waals surface area (Å²) in [4.78, 5) is 28.8. The minimum absolute atomic E-state index is 0.124. The summed E-state index contributed by atoms with van der Waals surface area (Å²) in [7, 11) is 0. The molecule has 2 aliphatic heterocycles. The van der Waals surface area contributed by atoms with Crippen molar-refractivity contribution in [1.29, 1.82) is 0 Å². The zero-order valence-corrected chi connectivity index (χ0v) is 12.1. The van der Waals surface area contributed by atoms with Gasteiger partial charge in [-0.2, -0.15) is 0 Å². The number of aromatic nitrogens is 1. The molecule has 3 rings (SSSR count). The van der Waals surface area contributed by atoms with Gasteiger partial charge in [-0.05, 0) is 30.9 Å². The van der Waals surface area contributed by atoms with Crippen molar-refractivity contribution >= 4 is 29.3 Å². The molecule has 2 N–H and O–H groups in total. The SMILES string of the molecule is O=C1CCC2CN(c3cc(C(=O)O)cc(Cl)n3)CCC2N1. The monoisotopic (exact) mass is 309 g/mol. The molecule has 0 aromatic carbocycles. The van der Waals surface area contributed by atoms with E-state index in [1.165, 1.54) is 6.07 Å². The first-order valence-electron chi connectivity index (χ1n) is 6.98. The van der Waals surface area contributed by atoms with Gasteiger partial charge in [-0.15, -0.1) is 0 Å². The molecule has 2 atom stereocenters. The number of halogens is 1. The van der Waals surface area contributed by atoms with E-state index in [1.54, 1.807) is 6.07 Å². The van der Waals surface area contributed by atoms with Crippen LogP contribution in [0.2, 0.25) is 5.15 Å². The van der Waals surface area contributed by atoms with E-state index in [2.05, 4.69) is 15.2 Å². The molecule has 21 heavy (non-hydrogen) atoms. The number of hydrogen-bond donors (Lipinski definition) is 2. The highest BCUT2D eigenvalue weighted by Crippen LogP contribution is 2.29. The number of nitrogens with one attached hydrogen (secondary N) is 1. The van der Waals surface area contributed by atoms with Crippen LogP contribution in [0.15, 0.2) is 12.1 Å². The lowest BCUT2D eigenvalue weighted by Crippen LogP contribution is -2.54. The number of piperidine rings is 2. The Bertz CT molecular complexity index is 593. The largest absolute Gasteiger partial charge is 0.478 e.